The zero-order valence-electron chi connectivity index (χ0n) is 19.0. The molecule has 1 amide bonds. The first kappa shape index (κ1) is 21.2. The first-order chi connectivity index (χ1) is 15.0. The molecule has 31 heavy (non-hydrogen) atoms. The topological polar surface area (TPSA) is 51.3 Å². The van der Waals surface area contributed by atoms with Crippen LogP contribution in [0.2, 0.25) is 0 Å². The summed E-state index contributed by atoms with van der Waals surface area (Å²) in [5, 5.41) is 4.26. The number of hydrogen-bond acceptors (Lipinski definition) is 2. The summed E-state index contributed by atoms with van der Waals surface area (Å²) < 4.78 is 4.59. The van der Waals surface area contributed by atoms with Gasteiger partial charge >= 0.3 is 0 Å². The van der Waals surface area contributed by atoms with Gasteiger partial charge in [-0.1, -0.05) is 25.3 Å². The van der Waals surface area contributed by atoms with Crippen molar-refractivity contribution >= 4 is 12.1 Å². The first-order valence-electron chi connectivity index (χ1n) is 11.2. The smallest absolute Gasteiger partial charge is 0.271 e. The number of amides is 1. The van der Waals surface area contributed by atoms with Crippen LogP contribution in [0.4, 0.5) is 0 Å². The Kier molecular flexibility index (Phi) is 6.12. The van der Waals surface area contributed by atoms with Gasteiger partial charge in [-0.3, -0.25) is 4.79 Å². The van der Waals surface area contributed by atoms with E-state index in [9.17, 15) is 4.79 Å². The van der Waals surface area contributed by atoms with Crippen LogP contribution >= 0.6 is 0 Å². The highest BCUT2D eigenvalue weighted by Crippen LogP contribution is 2.31. The van der Waals surface area contributed by atoms with E-state index in [4.69, 9.17) is 0 Å². The Morgan fingerprint density at radius 2 is 1.68 bits per heavy atom. The molecule has 4 rings (SSSR count). The second kappa shape index (κ2) is 8.96. The van der Waals surface area contributed by atoms with Crippen LogP contribution in [-0.2, 0) is 0 Å². The summed E-state index contributed by atoms with van der Waals surface area (Å²) in [6.07, 6.45) is 8.23. The highest BCUT2D eigenvalue weighted by atomic mass is 16.2. The van der Waals surface area contributed by atoms with E-state index in [1.54, 1.807) is 6.21 Å². The maximum absolute atomic E-state index is 12.7. The predicted octanol–water partition coefficient (Wildman–Crippen LogP) is 5.78. The molecule has 1 aliphatic carbocycles. The van der Waals surface area contributed by atoms with Gasteiger partial charge < -0.3 is 9.13 Å². The van der Waals surface area contributed by atoms with Gasteiger partial charge in [0.05, 0.1) is 6.21 Å². The highest BCUT2D eigenvalue weighted by Gasteiger charge is 2.19. The van der Waals surface area contributed by atoms with Crippen molar-refractivity contribution in [3.05, 3.63) is 76.4 Å². The average molecular weight is 417 g/mol. The number of nitrogens with zero attached hydrogens (tertiary/aromatic N) is 3. The Balaban J connectivity index is 1.48. The summed E-state index contributed by atoms with van der Waals surface area (Å²) in [4.78, 5) is 12.7. The van der Waals surface area contributed by atoms with Crippen molar-refractivity contribution in [1.29, 1.82) is 0 Å². The largest absolute Gasteiger partial charge is 0.345 e. The molecular formula is C26H32N4O. The van der Waals surface area contributed by atoms with Crippen molar-refractivity contribution < 1.29 is 4.79 Å². The SMILES string of the molecule is Cc1ccc(C)n1-c1cccc(C(=O)N/N=C\c2cc(C)n(C3CCCCC3)c2C)c1. The summed E-state index contributed by atoms with van der Waals surface area (Å²) >= 11 is 0. The number of rotatable bonds is 5. The van der Waals surface area contributed by atoms with Crippen LogP contribution in [0.3, 0.4) is 0 Å². The zero-order chi connectivity index (χ0) is 22.0. The minimum atomic E-state index is -0.207. The average Bonchev–Trinajstić information content (AvgIpc) is 3.25. The van der Waals surface area contributed by atoms with Gasteiger partial charge in [0.2, 0.25) is 0 Å². The highest BCUT2D eigenvalue weighted by molar-refractivity contribution is 5.95. The summed E-state index contributed by atoms with van der Waals surface area (Å²) in [6, 6.07) is 14.6. The Morgan fingerprint density at radius 3 is 2.39 bits per heavy atom. The maximum Gasteiger partial charge on any atom is 0.271 e. The molecule has 0 atom stereocenters. The molecule has 1 N–H and O–H groups in total. The molecule has 1 saturated carbocycles. The van der Waals surface area contributed by atoms with Crippen LogP contribution in [0.1, 0.15) is 76.8 Å². The van der Waals surface area contributed by atoms with E-state index >= 15 is 0 Å². The van der Waals surface area contributed by atoms with Gasteiger partial charge in [-0.25, -0.2) is 5.43 Å². The Hall–Kier alpha value is -3.08. The lowest BCUT2D eigenvalue weighted by Crippen LogP contribution is -2.18. The van der Waals surface area contributed by atoms with Crippen LogP contribution < -0.4 is 5.43 Å². The Labute approximate surface area is 184 Å². The third kappa shape index (κ3) is 4.36. The molecular weight excluding hydrogens is 384 g/mol. The van der Waals surface area contributed by atoms with E-state index < -0.39 is 0 Å². The molecule has 0 saturated heterocycles. The number of carbonyl (C=O) groups is 1. The summed E-state index contributed by atoms with van der Waals surface area (Å²) in [7, 11) is 0. The first-order valence-corrected chi connectivity index (χ1v) is 11.2. The summed E-state index contributed by atoms with van der Waals surface area (Å²) in [5.74, 6) is -0.207. The van der Waals surface area contributed by atoms with Crippen molar-refractivity contribution in [1.82, 2.24) is 14.6 Å². The molecule has 0 radical (unpaired) electrons. The summed E-state index contributed by atoms with van der Waals surface area (Å²) in [5.41, 5.74) is 10.1. The molecule has 5 heteroatoms. The van der Waals surface area contributed by atoms with Crippen LogP contribution in [0.15, 0.2) is 47.6 Å². The van der Waals surface area contributed by atoms with E-state index in [-0.39, 0.29) is 5.91 Å². The van der Waals surface area contributed by atoms with Gasteiger partial charge in [-0.05, 0) is 76.9 Å². The van der Waals surface area contributed by atoms with Crippen LogP contribution in [0.25, 0.3) is 5.69 Å². The number of aromatic nitrogens is 2. The fourth-order valence-corrected chi connectivity index (χ4v) is 4.92. The van der Waals surface area contributed by atoms with Gasteiger partial charge in [0.25, 0.3) is 5.91 Å². The zero-order valence-corrected chi connectivity index (χ0v) is 19.0. The molecule has 0 unspecified atom stereocenters. The summed E-state index contributed by atoms with van der Waals surface area (Å²) in [6.45, 7) is 8.44. The molecule has 2 heterocycles. The molecule has 0 aliphatic heterocycles. The van der Waals surface area contributed by atoms with Crippen molar-refractivity contribution in [3.8, 4) is 5.69 Å². The third-order valence-electron chi connectivity index (χ3n) is 6.47. The van der Waals surface area contributed by atoms with Crippen LogP contribution in [0.5, 0.6) is 0 Å². The lowest BCUT2D eigenvalue weighted by Gasteiger charge is -2.26. The van der Waals surface area contributed by atoms with Gasteiger partial charge in [-0.2, -0.15) is 5.10 Å². The molecule has 162 valence electrons. The van der Waals surface area contributed by atoms with E-state index in [0.717, 1.165) is 22.6 Å². The third-order valence-corrected chi connectivity index (χ3v) is 6.47. The standard InChI is InChI=1S/C26H32N4O/c1-18-13-14-19(2)29(18)25-12-8-9-22(16-25)26(31)28-27-17-23-15-20(3)30(21(23)4)24-10-6-5-7-11-24/h8-9,12-17,24H,5-7,10-11H2,1-4H3,(H,28,31)/b27-17-. The van der Waals surface area contributed by atoms with E-state index in [1.165, 1.54) is 43.5 Å². The lowest BCUT2D eigenvalue weighted by atomic mass is 9.95. The molecule has 0 bridgehead atoms. The fraction of sp³-hybridized carbons (Fsp3) is 0.385. The number of hydrogen-bond donors (Lipinski definition) is 1. The minimum absolute atomic E-state index is 0.207. The molecule has 5 nitrogen and oxygen atoms in total. The van der Waals surface area contributed by atoms with E-state index in [0.29, 0.717) is 11.6 Å². The van der Waals surface area contributed by atoms with E-state index in [2.05, 4.69) is 65.6 Å². The van der Waals surface area contributed by atoms with Gasteiger partial charge in [0.1, 0.15) is 0 Å². The second-order valence-electron chi connectivity index (χ2n) is 8.69. The quantitative estimate of drug-likeness (QED) is 0.416. The molecule has 2 aromatic heterocycles. The van der Waals surface area contributed by atoms with Gasteiger partial charge in [0, 0.05) is 45.6 Å². The molecule has 0 spiro atoms. The second-order valence-corrected chi connectivity index (χ2v) is 8.69. The van der Waals surface area contributed by atoms with Crippen molar-refractivity contribution in [2.45, 2.75) is 65.8 Å². The monoisotopic (exact) mass is 416 g/mol. The molecule has 1 aromatic carbocycles. The van der Waals surface area contributed by atoms with Crippen molar-refractivity contribution in [3.63, 3.8) is 0 Å². The van der Waals surface area contributed by atoms with Crippen LogP contribution in [0, 0.1) is 27.7 Å². The molecule has 1 fully saturated rings. The van der Waals surface area contributed by atoms with Gasteiger partial charge in [-0.15, -0.1) is 0 Å². The lowest BCUT2D eigenvalue weighted by molar-refractivity contribution is 0.0955. The number of aryl methyl sites for hydroxylation is 3. The Morgan fingerprint density at radius 1 is 0.968 bits per heavy atom. The normalized spacial score (nSPS) is 15.0. The Bertz CT molecular complexity index is 1090. The van der Waals surface area contributed by atoms with Crippen LogP contribution in [-0.4, -0.2) is 21.3 Å². The molecule has 3 aromatic rings. The maximum atomic E-state index is 12.7. The number of carbonyl (C=O) groups excluding carboxylic acids is 1. The van der Waals surface area contributed by atoms with Crippen molar-refractivity contribution in [2.75, 3.05) is 0 Å². The fourth-order valence-electron chi connectivity index (χ4n) is 4.92. The van der Waals surface area contributed by atoms with Gasteiger partial charge in [0.15, 0.2) is 0 Å². The number of hydrazone groups is 1. The molecule has 1 aliphatic rings. The van der Waals surface area contributed by atoms with E-state index in [1.807, 2.05) is 24.3 Å². The minimum Gasteiger partial charge on any atom is -0.345 e. The number of benzene rings is 1. The van der Waals surface area contributed by atoms with Crippen molar-refractivity contribution in [2.24, 2.45) is 5.10 Å². The predicted molar refractivity (Wildman–Crippen MR) is 126 cm³/mol. The number of nitrogens with one attached hydrogen (secondary N) is 1.